The van der Waals surface area contributed by atoms with Gasteiger partial charge in [0, 0.05) is 24.4 Å². The lowest BCUT2D eigenvalue weighted by atomic mass is 10.1. The number of nitrogens with zero attached hydrogens (tertiary/aromatic N) is 2. The Morgan fingerprint density at radius 2 is 2.03 bits per heavy atom. The average Bonchev–Trinajstić information content (AvgIpc) is 3.48. The van der Waals surface area contributed by atoms with Crippen LogP contribution in [-0.2, 0) is 6.61 Å². The van der Waals surface area contributed by atoms with Crippen molar-refractivity contribution in [3.63, 3.8) is 0 Å². The Hall–Kier alpha value is -2.77. The van der Waals surface area contributed by atoms with Crippen molar-refractivity contribution in [1.29, 1.82) is 0 Å². The van der Waals surface area contributed by atoms with Crippen molar-refractivity contribution >= 4 is 22.9 Å². The van der Waals surface area contributed by atoms with Gasteiger partial charge in [0.15, 0.2) is 0 Å². The van der Waals surface area contributed by atoms with Gasteiger partial charge in [-0.1, -0.05) is 38.5 Å². The first-order chi connectivity index (χ1) is 15.6. The van der Waals surface area contributed by atoms with Gasteiger partial charge in [0.1, 0.15) is 24.5 Å². The van der Waals surface area contributed by atoms with Crippen LogP contribution in [0.15, 0.2) is 54.3 Å². The first-order valence-electron chi connectivity index (χ1n) is 11.1. The molecular formula is C25H31N3O3S. The fourth-order valence-electron chi connectivity index (χ4n) is 3.56. The zero-order valence-corrected chi connectivity index (χ0v) is 19.5. The SMILES string of the molecule is CCC.O=C(c1cc(COc2ccccc2)cs1)c1cncnc1NC1CCC(CO)C1. The molecule has 2 aromatic heterocycles. The number of aliphatic hydroxyl groups excluding tert-OH is 1. The predicted octanol–water partition coefficient (Wildman–Crippen LogP) is 5.34. The summed E-state index contributed by atoms with van der Waals surface area (Å²) in [5.41, 5.74) is 1.42. The molecule has 3 aromatic rings. The van der Waals surface area contributed by atoms with E-state index in [1.165, 1.54) is 24.1 Å². The van der Waals surface area contributed by atoms with Gasteiger partial charge in [-0.2, -0.15) is 0 Å². The molecule has 0 radical (unpaired) electrons. The number of aromatic nitrogens is 2. The smallest absolute Gasteiger partial charge is 0.208 e. The molecule has 4 rings (SSSR count). The van der Waals surface area contributed by atoms with Gasteiger partial charge < -0.3 is 15.2 Å². The summed E-state index contributed by atoms with van der Waals surface area (Å²) in [6, 6.07) is 11.7. The lowest BCUT2D eigenvalue weighted by Gasteiger charge is -2.15. The summed E-state index contributed by atoms with van der Waals surface area (Å²) in [5.74, 6) is 1.58. The van der Waals surface area contributed by atoms with Crippen molar-refractivity contribution in [2.24, 2.45) is 5.92 Å². The summed E-state index contributed by atoms with van der Waals surface area (Å²) >= 11 is 1.40. The number of carbonyl (C=O) groups is 1. The van der Waals surface area contributed by atoms with E-state index in [9.17, 15) is 9.90 Å². The molecule has 0 aliphatic heterocycles. The van der Waals surface area contributed by atoms with Gasteiger partial charge in [0.25, 0.3) is 0 Å². The predicted molar refractivity (Wildman–Crippen MR) is 128 cm³/mol. The van der Waals surface area contributed by atoms with Crippen molar-refractivity contribution in [2.45, 2.75) is 52.2 Å². The van der Waals surface area contributed by atoms with Crippen molar-refractivity contribution in [3.05, 3.63) is 70.3 Å². The number of para-hydroxylation sites is 1. The van der Waals surface area contributed by atoms with Crippen LogP contribution in [0.1, 0.15) is 60.3 Å². The van der Waals surface area contributed by atoms with E-state index in [0.29, 0.717) is 28.8 Å². The maximum absolute atomic E-state index is 13.1. The van der Waals surface area contributed by atoms with Crippen LogP contribution in [0.2, 0.25) is 0 Å². The molecule has 1 aliphatic carbocycles. The Bertz CT molecular complexity index is 977. The topological polar surface area (TPSA) is 84.3 Å². The van der Waals surface area contributed by atoms with Gasteiger partial charge >= 0.3 is 0 Å². The van der Waals surface area contributed by atoms with Crippen molar-refractivity contribution in [1.82, 2.24) is 9.97 Å². The van der Waals surface area contributed by atoms with E-state index >= 15 is 0 Å². The fraction of sp³-hybridized carbons (Fsp3) is 0.400. The summed E-state index contributed by atoms with van der Waals surface area (Å²) in [7, 11) is 0. The lowest BCUT2D eigenvalue weighted by molar-refractivity contribution is 0.104. The molecule has 6 nitrogen and oxygen atoms in total. The van der Waals surface area contributed by atoms with Gasteiger partial charge in [-0.25, -0.2) is 9.97 Å². The van der Waals surface area contributed by atoms with Gasteiger partial charge in [0.2, 0.25) is 5.78 Å². The molecule has 1 fully saturated rings. The highest BCUT2D eigenvalue weighted by atomic mass is 32.1. The Labute approximate surface area is 193 Å². The molecule has 0 amide bonds. The highest BCUT2D eigenvalue weighted by molar-refractivity contribution is 7.12. The highest BCUT2D eigenvalue weighted by Gasteiger charge is 2.26. The molecule has 0 spiro atoms. The van der Waals surface area contributed by atoms with E-state index in [0.717, 1.165) is 30.6 Å². The summed E-state index contributed by atoms with van der Waals surface area (Å²) in [6.45, 7) is 4.87. The molecule has 2 heterocycles. The van der Waals surface area contributed by atoms with Gasteiger partial charge in [-0.15, -0.1) is 11.3 Å². The first kappa shape index (κ1) is 23.9. The van der Waals surface area contributed by atoms with Crippen LogP contribution in [0.3, 0.4) is 0 Å². The molecule has 7 heteroatoms. The number of ketones is 1. The van der Waals surface area contributed by atoms with E-state index in [1.54, 1.807) is 6.20 Å². The van der Waals surface area contributed by atoms with Crippen molar-refractivity contribution in [3.8, 4) is 5.75 Å². The van der Waals surface area contributed by atoms with E-state index in [4.69, 9.17) is 4.74 Å². The minimum absolute atomic E-state index is 0.0965. The molecule has 0 saturated heterocycles. The van der Waals surface area contributed by atoms with Crippen LogP contribution in [0.5, 0.6) is 5.75 Å². The van der Waals surface area contributed by atoms with Crippen LogP contribution in [0.25, 0.3) is 0 Å². The third kappa shape index (κ3) is 6.61. The molecule has 1 aromatic carbocycles. The number of nitrogens with one attached hydrogen (secondary N) is 1. The van der Waals surface area contributed by atoms with Crippen molar-refractivity contribution in [2.75, 3.05) is 11.9 Å². The van der Waals surface area contributed by atoms with Gasteiger partial charge in [-0.05, 0) is 48.8 Å². The highest BCUT2D eigenvalue weighted by Crippen LogP contribution is 2.29. The van der Waals surface area contributed by atoms with E-state index in [1.807, 2.05) is 41.8 Å². The second kappa shape index (κ2) is 12.3. The summed E-state index contributed by atoms with van der Waals surface area (Å²) in [5, 5.41) is 14.7. The molecule has 170 valence electrons. The van der Waals surface area contributed by atoms with Gasteiger partial charge in [-0.3, -0.25) is 4.79 Å². The van der Waals surface area contributed by atoms with Crippen LogP contribution in [0, 0.1) is 5.92 Å². The second-order valence-electron chi connectivity index (χ2n) is 7.95. The molecule has 0 bridgehead atoms. The largest absolute Gasteiger partial charge is 0.489 e. The molecule has 32 heavy (non-hydrogen) atoms. The maximum Gasteiger partial charge on any atom is 0.208 e. The van der Waals surface area contributed by atoms with Crippen LogP contribution < -0.4 is 10.1 Å². The summed E-state index contributed by atoms with van der Waals surface area (Å²) < 4.78 is 5.76. The van der Waals surface area contributed by atoms with Gasteiger partial charge in [0.05, 0.1) is 10.4 Å². The molecule has 2 atom stereocenters. The fourth-order valence-corrected chi connectivity index (χ4v) is 4.41. The van der Waals surface area contributed by atoms with Crippen LogP contribution in [-0.4, -0.2) is 33.5 Å². The first-order valence-corrected chi connectivity index (χ1v) is 12.0. The minimum Gasteiger partial charge on any atom is -0.489 e. The number of ether oxygens (including phenoxy) is 1. The number of hydrogen-bond acceptors (Lipinski definition) is 7. The Morgan fingerprint density at radius 1 is 1.25 bits per heavy atom. The molecule has 2 unspecified atom stereocenters. The number of aliphatic hydroxyl groups is 1. The third-order valence-corrected chi connectivity index (χ3v) is 6.10. The number of hydrogen-bond donors (Lipinski definition) is 2. The monoisotopic (exact) mass is 453 g/mol. The molecule has 1 saturated carbocycles. The number of benzene rings is 1. The Morgan fingerprint density at radius 3 is 2.75 bits per heavy atom. The minimum atomic E-state index is -0.0965. The average molecular weight is 454 g/mol. The maximum atomic E-state index is 13.1. The van der Waals surface area contributed by atoms with E-state index in [2.05, 4.69) is 29.1 Å². The zero-order chi connectivity index (χ0) is 22.8. The lowest BCUT2D eigenvalue weighted by Crippen LogP contribution is -2.19. The third-order valence-electron chi connectivity index (χ3n) is 5.12. The van der Waals surface area contributed by atoms with Crippen LogP contribution >= 0.6 is 11.3 Å². The Balaban J connectivity index is 0.000000913. The zero-order valence-electron chi connectivity index (χ0n) is 18.7. The molecule has 1 aliphatic rings. The summed E-state index contributed by atoms with van der Waals surface area (Å²) in [4.78, 5) is 22.0. The normalized spacial score (nSPS) is 17.3. The number of rotatable bonds is 8. The molecular weight excluding hydrogens is 422 g/mol. The Kier molecular flexibility index (Phi) is 9.19. The number of thiophene rings is 1. The molecule has 2 N–H and O–H groups in total. The quantitative estimate of drug-likeness (QED) is 0.448. The number of anilines is 1. The van der Waals surface area contributed by atoms with E-state index < -0.39 is 0 Å². The summed E-state index contributed by atoms with van der Waals surface area (Å²) in [6.07, 6.45) is 7.09. The van der Waals surface area contributed by atoms with E-state index in [-0.39, 0.29) is 18.4 Å². The second-order valence-corrected chi connectivity index (χ2v) is 8.86. The number of carbonyl (C=O) groups excluding carboxylic acids is 1. The standard InChI is InChI=1S/C22H23N3O3S.C3H8/c26-11-15-6-7-17(8-15)25-22-19(10-23-14-24-22)21(27)20-9-16(13-29-20)12-28-18-4-2-1-3-5-18;1-3-2/h1-5,9-10,13-15,17,26H,6-8,11-12H2,(H,23,24,25);3H2,1-2H3. The van der Waals surface area contributed by atoms with Crippen LogP contribution in [0.4, 0.5) is 5.82 Å². The van der Waals surface area contributed by atoms with Crippen molar-refractivity contribution < 1.29 is 14.6 Å².